The Morgan fingerprint density at radius 3 is 2.68 bits per heavy atom. The number of benzene rings is 1. The molecule has 1 aliphatic heterocycles. The number of aliphatic imine (C=N–C) groups is 1. The monoisotopic (exact) mass is 294 g/mol. The molecule has 1 N–H and O–H groups in total. The number of anilines is 1. The molecule has 0 aliphatic carbocycles. The first kappa shape index (κ1) is 12.8. The van der Waals surface area contributed by atoms with E-state index in [4.69, 9.17) is 0 Å². The maximum Gasteiger partial charge on any atom is 0.178 e. The van der Waals surface area contributed by atoms with Gasteiger partial charge in [0, 0.05) is 13.0 Å². The molecule has 3 heterocycles. The summed E-state index contributed by atoms with van der Waals surface area (Å²) in [6.45, 7) is 1.64. The first-order chi connectivity index (χ1) is 10.8. The summed E-state index contributed by atoms with van der Waals surface area (Å²) in [6, 6.07) is 10.9. The molecule has 0 saturated heterocycles. The summed E-state index contributed by atoms with van der Waals surface area (Å²) < 4.78 is 1.76. The minimum Gasteiger partial charge on any atom is -0.508 e. The molecule has 4 rings (SSSR count). The maximum atomic E-state index is 9.35. The van der Waals surface area contributed by atoms with Crippen molar-refractivity contribution in [2.75, 3.05) is 18.0 Å². The molecule has 22 heavy (non-hydrogen) atoms. The topological polar surface area (TPSA) is 78.9 Å². The van der Waals surface area contributed by atoms with Crippen molar-refractivity contribution in [3.05, 3.63) is 47.8 Å². The van der Waals surface area contributed by atoms with Gasteiger partial charge in [0.05, 0.1) is 12.9 Å². The van der Waals surface area contributed by atoms with E-state index >= 15 is 0 Å². The highest BCUT2D eigenvalue weighted by molar-refractivity contribution is 5.79. The number of aromatic hydroxyl groups is 1. The second-order valence-electron chi connectivity index (χ2n) is 5.14. The van der Waals surface area contributed by atoms with Gasteiger partial charge >= 0.3 is 0 Å². The van der Waals surface area contributed by atoms with Crippen LogP contribution in [0.15, 0.2) is 41.4 Å². The molecule has 0 bridgehead atoms. The van der Waals surface area contributed by atoms with Crippen LogP contribution < -0.4 is 4.90 Å². The fourth-order valence-corrected chi connectivity index (χ4v) is 2.44. The lowest BCUT2D eigenvalue weighted by atomic mass is 10.1. The van der Waals surface area contributed by atoms with Gasteiger partial charge in [0.2, 0.25) is 0 Å². The van der Waals surface area contributed by atoms with Gasteiger partial charge in [-0.1, -0.05) is 12.1 Å². The van der Waals surface area contributed by atoms with E-state index in [9.17, 15) is 5.11 Å². The van der Waals surface area contributed by atoms with Crippen LogP contribution in [0.3, 0.4) is 0 Å². The van der Waals surface area contributed by atoms with E-state index in [1.807, 2.05) is 29.2 Å². The lowest BCUT2D eigenvalue weighted by Crippen LogP contribution is -2.20. The maximum absolute atomic E-state index is 9.35. The Hall–Kier alpha value is -2.96. The Morgan fingerprint density at radius 1 is 1.05 bits per heavy atom. The molecule has 110 valence electrons. The third kappa shape index (κ3) is 2.26. The smallest absolute Gasteiger partial charge is 0.178 e. The Kier molecular flexibility index (Phi) is 2.96. The highest BCUT2D eigenvalue weighted by Gasteiger charge is 2.13. The summed E-state index contributed by atoms with van der Waals surface area (Å²) in [7, 11) is 0. The summed E-state index contributed by atoms with van der Waals surface area (Å²) >= 11 is 0. The SMILES string of the molecule is Oc1ccc(Cc2nnc3ccc(N4C=NCC4)nn23)cc1. The molecule has 0 fully saturated rings. The molecule has 0 amide bonds. The Labute approximate surface area is 126 Å². The van der Waals surface area contributed by atoms with Crippen molar-refractivity contribution < 1.29 is 5.11 Å². The van der Waals surface area contributed by atoms with Crippen LogP contribution in [0.5, 0.6) is 5.75 Å². The average Bonchev–Trinajstić information content (AvgIpc) is 3.19. The van der Waals surface area contributed by atoms with E-state index in [1.165, 1.54) is 0 Å². The zero-order valence-corrected chi connectivity index (χ0v) is 11.8. The number of nitrogens with zero attached hydrogens (tertiary/aromatic N) is 6. The molecular weight excluding hydrogens is 280 g/mol. The molecule has 1 aromatic carbocycles. The predicted molar refractivity (Wildman–Crippen MR) is 82.4 cm³/mol. The third-order valence-electron chi connectivity index (χ3n) is 3.60. The summed E-state index contributed by atoms with van der Waals surface area (Å²) in [5, 5.41) is 22.3. The van der Waals surface area contributed by atoms with E-state index in [1.54, 1.807) is 23.0 Å². The van der Waals surface area contributed by atoms with Crippen LogP contribution in [-0.2, 0) is 6.42 Å². The molecule has 0 unspecified atom stereocenters. The molecule has 0 saturated carbocycles. The third-order valence-corrected chi connectivity index (χ3v) is 3.60. The first-order valence-electron chi connectivity index (χ1n) is 7.05. The van der Waals surface area contributed by atoms with E-state index in [0.717, 1.165) is 30.3 Å². The Bertz CT molecular complexity index is 839. The first-order valence-corrected chi connectivity index (χ1v) is 7.05. The largest absolute Gasteiger partial charge is 0.508 e. The molecule has 7 nitrogen and oxygen atoms in total. The molecule has 2 aromatic heterocycles. The molecule has 7 heteroatoms. The van der Waals surface area contributed by atoms with Crippen LogP contribution in [0.4, 0.5) is 5.82 Å². The second kappa shape index (κ2) is 5.10. The van der Waals surface area contributed by atoms with Crippen LogP contribution >= 0.6 is 0 Å². The van der Waals surface area contributed by atoms with Gasteiger partial charge in [-0.15, -0.1) is 15.3 Å². The highest BCUT2D eigenvalue weighted by atomic mass is 16.3. The predicted octanol–water partition coefficient (Wildman–Crippen LogP) is 1.27. The summed E-state index contributed by atoms with van der Waals surface area (Å²) in [5.74, 6) is 1.85. The van der Waals surface area contributed by atoms with Crippen LogP contribution in [0, 0.1) is 0 Å². The van der Waals surface area contributed by atoms with Crippen molar-refractivity contribution in [2.24, 2.45) is 4.99 Å². The van der Waals surface area contributed by atoms with Gasteiger partial charge in [0.1, 0.15) is 5.75 Å². The number of aromatic nitrogens is 4. The zero-order valence-electron chi connectivity index (χ0n) is 11.8. The van der Waals surface area contributed by atoms with Crippen LogP contribution in [0.2, 0.25) is 0 Å². The standard InChI is InChI=1S/C15H14N6O/c22-12-3-1-11(2-4-12)9-15-18-17-13-5-6-14(19-21(13)15)20-8-7-16-10-20/h1-6,10,22H,7-9H2. The fourth-order valence-electron chi connectivity index (χ4n) is 2.44. The van der Waals surface area contributed by atoms with E-state index in [-0.39, 0.29) is 5.75 Å². The molecule has 0 spiro atoms. The summed E-state index contributed by atoms with van der Waals surface area (Å²) in [5.41, 5.74) is 1.76. The van der Waals surface area contributed by atoms with Crippen LogP contribution in [0.1, 0.15) is 11.4 Å². The van der Waals surface area contributed by atoms with Gasteiger partial charge in [-0.2, -0.15) is 4.52 Å². The summed E-state index contributed by atoms with van der Waals surface area (Å²) in [6.07, 6.45) is 2.41. The van der Waals surface area contributed by atoms with Gasteiger partial charge in [0.15, 0.2) is 17.3 Å². The fraction of sp³-hybridized carbons (Fsp3) is 0.200. The van der Waals surface area contributed by atoms with Gasteiger partial charge in [0.25, 0.3) is 0 Å². The van der Waals surface area contributed by atoms with Crippen molar-refractivity contribution in [1.82, 2.24) is 19.8 Å². The Balaban J connectivity index is 1.69. The Morgan fingerprint density at radius 2 is 1.91 bits per heavy atom. The van der Waals surface area contributed by atoms with Crippen molar-refractivity contribution in [3.63, 3.8) is 0 Å². The minimum atomic E-state index is 0.253. The van der Waals surface area contributed by atoms with Gasteiger partial charge in [-0.3, -0.25) is 4.99 Å². The molecular formula is C15H14N6O. The normalized spacial score (nSPS) is 14.1. The van der Waals surface area contributed by atoms with E-state index < -0.39 is 0 Å². The van der Waals surface area contributed by atoms with Crippen LogP contribution in [-0.4, -0.2) is 44.3 Å². The van der Waals surface area contributed by atoms with Gasteiger partial charge < -0.3 is 10.0 Å². The molecule has 3 aromatic rings. The number of rotatable bonds is 3. The number of phenols is 1. The molecule has 1 aliphatic rings. The number of hydrogen-bond donors (Lipinski definition) is 1. The van der Waals surface area contributed by atoms with Crippen molar-refractivity contribution in [3.8, 4) is 5.75 Å². The number of phenolic OH excluding ortho intramolecular Hbond substituents is 1. The van der Waals surface area contributed by atoms with E-state index in [0.29, 0.717) is 12.1 Å². The lowest BCUT2D eigenvalue weighted by Gasteiger charge is -2.12. The lowest BCUT2D eigenvalue weighted by molar-refractivity contribution is 0.475. The van der Waals surface area contributed by atoms with Crippen LogP contribution in [0.25, 0.3) is 5.65 Å². The molecule has 0 radical (unpaired) electrons. The van der Waals surface area contributed by atoms with E-state index in [2.05, 4.69) is 20.3 Å². The quantitative estimate of drug-likeness (QED) is 0.787. The second-order valence-corrected chi connectivity index (χ2v) is 5.14. The number of fused-ring (bicyclic) bond motifs is 1. The van der Waals surface area contributed by atoms with Gasteiger partial charge in [-0.25, -0.2) is 0 Å². The van der Waals surface area contributed by atoms with Gasteiger partial charge in [-0.05, 0) is 29.8 Å². The minimum absolute atomic E-state index is 0.253. The highest BCUT2D eigenvalue weighted by Crippen LogP contribution is 2.16. The summed E-state index contributed by atoms with van der Waals surface area (Å²) in [4.78, 5) is 6.21. The van der Waals surface area contributed by atoms with Crippen molar-refractivity contribution in [2.45, 2.75) is 6.42 Å². The average molecular weight is 294 g/mol. The van der Waals surface area contributed by atoms with Crippen molar-refractivity contribution >= 4 is 17.8 Å². The van der Waals surface area contributed by atoms with Crippen molar-refractivity contribution in [1.29, 1.82) is 0 Å². The molecule has 0 atom stereocenters. The zero-order chi connectivity index (χ0) is 14.9. The number of hydrogen-bond acceptors (Lipinski definition) is 6.